The third-order valence-corrected chi connectivity index (χ3v) is 8.02. The zero-order valence-electron chi connectivity index (χ0n) is 18.2. The first-order valence-electron chi connectivity index (χ1n) is 10.7. The van der Waals surface area contributed by atoms with E-state index in [0.29, 0.717) is 0 Å². The molecule has 1 N–H and O–H groups in total. The number of piperidine rings is 1. The van der Waals surface area contributed by atoms with Gasteiger partial charge in [0.05, 0.1) is 5.54 Å². The molecule has 0 bridgehead atoms. The standard InChI is InChI=1S/C24H34N4S/c1-19-21(20-8-5-6-9-22(20)27(19)4)18-25-13-16-28-14-11-24(12-15-28,26(2)3)23-10-7-17-29-23/h5-10,17,25H,11-16,18H2,1-4H3. The second-order valence-corrected chi connectivity index (χ2v) is 9.51. The van der Waals surface area contributed by atoms with E-state index in [1.807, 2.05) is 11.3 Å². The molecule has 1 fully saturated rings. The Balaban J connectivity index is 1.30. The quantitative estimate of drug-likeness (QED) is 0.591. The number of aromatic nitrogens is 1. The summed E-state index contributed by atoms with van der Waals surface area (Å²) >= 11 is 1.91. The van der Waals surface area contributed by atoms with Crippen molar-refractivity contribution >= 4 is 22.2 Å². The monoisotopic (exact) mass is 410 g/mol. The maximum absolute atomic E-state index is 3.70. The van der Waals surface area contributed by atoms with Crippen molar-refractivity contribution in [2.75, 3.05) is 40.3 Å². The fourth-order valence-electron chi connectivity index (χ4n) is 4.88. The van der Waals surface area contributed by atoms with E-state index >= 15 is 0 Å². The van der Waals surface area contributed by atoms with E-state index in [2.05, 4.69) is 89.5 Å². The van der Waals surface area contributed by atoms with Crippen LogP contribution in [0.15, 0.2) is 41.8 Å². The Morgan fingerprint density at radius 3 is 2.55 bits per heavy atom. The van der Waals surface area contributed by atoms with Crippen molar-refractivity contribution in [1.82, 2.24) is 19.7 Å². The Morgan fingerprint density at radius 1 is 1.10 bits per heavy atom. The van der Waals surface area contributed by atoms with Crippen LogP contribution in [0.3, 0.4) is 0 Å². The highest BCUT2D eigenvalue weighted by atomic mass is 32.1. The molecule has 0 unspecified atom stereocenters. The summed E-state index contributed by atoms with van der Waals surface area (Å²) in [7, 11) is 6.65. The highest BCUT2D eigenvalue weighted by Crippen LogP contribution is 2.39. The molecular weight excluding hydrogens is 376 g/mol. The highest BCUT2D eigenvalue weighted by Gasteiger charge is 2.38. The maximum atomic E-state index is 3.70. The summed E-state index contributed by atoms with van der Waals surface area (Å²) in [4.78, 5) is 6.59. The van der Waals surface area contributed by atoms with Gasteiger partial charge in [0, 0.05) is 61.2 Å². The van der Waals surface area contributed by atoms with Gasteiger partial charge in [-0.3, -0.25) is 4.90 Å². The highest BCUT2D eigenvalue weighted by molar-refractivity contribution is 7.10. The number of rotatable bonds is 7. The fraction of sp³-hybridized carbons (Fsp3) is 0.500. The van der Waals surface area contributed by atoms with E-state index in [9.17, 15) is 0 Å². The van der Waals surface area contributed by atoms with Gasteiger partial charge in [0.1, 0.15) is 0 Å². The molecule has 2 aromatic heterocycles. The molecule has 0 aliphatic carbocycles. The summed E-state index contributed by atoms with van der Waals surface area (Å²) in [6.45, 7) is 7.68. The van der Waals surface area contributed by atoms with E-state index in [1.54, 1.807) is 0 Å². The molecule has 1 aliphatic heterocycles. The van der Waals surface area contributed by atoms with Crippen molar-refractivity contribution < 1.29 is 0 Å². The second kappa shape index (κ2) is 8.60. The summed E-state index contributed by atoms with van der Waals surface area (Å²) in [6, 6.07) is 13.2. The number of hydrogen-bond donors (Lipinski definition) is 1. The average Bonchev–Trinajstić information content (AvgIpc) is 3.35. The first kappa shape index (κ1) is 20.6. The van der Waals surface area contributed by atoms with Crippen LogP contribution < -0.4 is 5.32 Å². The van der Waals surface area contributed by atoms with E-state index in [1.165, 1.54) is 53.0 Å². The van der Waals surface area contributed by atoms with Crippen molar-refractivity contribution in [2.24, 2.45) is 7.05 Å². The first-order chi connectivity index (χ1) is 14.0. The number of para-hydroxylation sites is 1. The normalized spacial score (nSPS) is 17.4. The first-order valence-corrected chi connectivity index (χ1v) is 11.6. The molecule has 0 saturated carbocycles. The Morgan fingerprint density at radius 2 is 1.86 bits per heavy atom. The molecule has 1 aliphatic rings. The molecule has 4 nitrogen and oxygen atoms in total. The zero-order chi connectivity index (χ0) is 20.4. The number of benzene rings is 1. The van der Waals surface area contributed by atoms with Gasteiger partial charge < -0.3 is 14.8 Å². The van der Waals surface area contributed by atoms with Crippen LogP contribution in [0.1, 0.15) is 29.0 Å². The van der Waals surface area contributed by atoms with E-state index in [0.717, 1.165) is 19.6 Å². The molecule has 0 amide bonds. The zero-order valence-corrected chi connectivity index (χ0v) is 19.1. The lowest BCUT2D eigenvalue weighted by molar-refractivity contribution is 0.0571. The van der Waals surface area contributed by atoms with E-state index in [4.69, 9.17) is 0 Å². The molecule has 0 spiro atoms. The number of nitrogens with zero attached hydrogens (tertiary/aromatic N) is 3. The predicted octanol–water partition coefficient (Wildman–Crippen LogP) is 4.19. The van der Waals surface area contributed by atoms with Gasteiger partial charge >= 0.3 is 0 Å². The average molecular weight is 411 g/mol. The number of likely N-dealkylation sites (tertiary alicyclic amines) is 1. The molecule has 1 saturated heterocycles. The summed E-state index contributed by atoms with van der Waals surface area (Å²) < 4.78 is 2.31. The van der Waals surface area contributed by atoms with Crippen LogP contribution in [-0.4, -0.2) is 54.6 Å². The van der Waals surface area contributed by atoms with Crippen LogP contribution >= 0.6 is 11.3 Å². The van der Waals surface area contributed by atoms with Crippen LogP contribution in [0.25, 0.3) is 10.9 Å². The number of fused-ring (bicyclic) bond motifs is 1. The van der Waals surface area contributed by atoms with Crippen molar-refractivity contribution in [2.45, 2.75) is 31.8 Å². The lowest BCUT2D eigenvalue weighted by atomic mass is 9.84. The second-order valence-electron chi connectivity index (χ2n) is 8.56. The largest absolute Gasteiger partial charge is 0.348 e. The van der Waals surface area contributed by atoms with Crippen molar-refractivity contribution in [1.29, 1.82) is 0 Å². The summed E-state index contributed by atoms with van der Waals surface area (Å²) in [5.41, 5.74) is 4.35. The molecular formula is C24H34N4S. The molecule has 3 heterocycles. The number of hydrogen-bond acceptors (Lipinski definition) is 4. The van der Waals surface area contributed by atoms with Gasteiger partial charge in [-0.2, -0.15) is 0 Å². The fourth-order valence-corrected chi connectivity index (χ4v) is 5.94. The Bertz CT molecular complexity index is 933. The molecule has 5 heteroatoms. The van der Waals surface area contributed by atoms with E-state index in [-0.39, 0.29) is 5.54 Å². The minimum atomic E-state index is 0.220. The summed E-state index contributed by atoms with van der Waals surface area (Å²) in [5.74, 6) is 0. The lowest BCUT2D eigenvalue weighted by Crippen LogP contribution is -2.51. The predicted molar refractivity (Wildman–Crippen MR) is 125 cm³/mol. The number of thiophene rings is 1. The van der Waals surface area contributed by atoms with Crippen molar-refractivity contribution in [3.63, 3.8) is 0 Å². The lowest BCUT2D eigenvalue weighted by Gasteiger charge is -2.45. The SMILES string of the molecule is Cc1c(CNCCN2CCC(c3cccs3)(N(C)C)CC2)c2ccccc2n1C. The third-order valence-electron chi connectivity index (χ3n) is 6.96. The molecule has 29 heavy (non-hydrogen) atoms. The third kappa shape index (κ3) is 3.89. The molecule has 0 radical (unpaired) electrons. The topological polar surface area (TPSA) is 23.4 Å². The molecule has 4 rings (SSSR count). The van der Waals surface area contributed by atoms with Gasteiger partial charge in [-0.1, -0.05) is 24.3 Å². The molecule has 0 atom stereocenters. The number of aryl methyl sites for hydroxylation is 1. The molecule has 156 valence electrons. The Labute approximate surface area is 179 Å². The van der Waals surface area contributed by atoms with Gasteiger partial charge in [-0.05, 0) is 56.9 Å². The van der Waals surface area contributed by atoms with Gasteiger partial charge in [0.25, 0.3) is 0 Å². The minimum Gasteiger partial charge on any atom is -0.348 e. The van der Waals surface area contributed by atoms with Crippen LogP contribution in [0.2, 0.25) is 0 Å². The van der Waals surface area contributed by atoms with Crippen molar-refractivity contribution in [3.05, 3.63) is 57.9 Å². The molecule has 1 aromatic carbocycles. The maximum Gasteiger partial charge on any atom is 0.0573 e. The van der Waals surface area contributed by atoms with Crippen molar-refractivity contribution in [3.8, 4) is 0 Å². The number of nitrogens with one attached hydrogen (secondary N) is 1. The minimum absolute atomic E-state index is 0.220. The Kier molecular flexibility index (Phi) is 6.11. The van der Waals surface area contributed by atoms with Gasteiger partial charge in [-0.25, -0.2) is 0 Å². The summed E-state index contributed by atoms with van der Waals surface area (Å²) in [5, 5.41) is 7.30. The molecule has 3 aromatic rings. The van der Waals surface area contributed by atoms with Crippen LogP contribution in [-0.2, 0) is 19.1 Å². The summed E-state index contributed by atoms with van der Waals surface area (Å²) in [6.07, 6.45) is 2.42. The van der Waals surface area contributed by atoms with Crippen LogP contribution in [0, 0.1) is 6.92 Å². The van der Waals surface area contributed by atoms with Gasteiger partial charge in [0.2, 0.25) is 0 Å². The van der Waals surface area contributed by atoms with Gasteiger partial charge in [0.15, 0.2) is 0 Å². The Hall–Kier alpha value is -1.66. The van der Waals surface area contributed by atoms with Crippen LogP contribution in [0.4, 0.5) is 0 Å². The van der Waals surface area contributed by atoms with Gasteiger partial charge in [-0.15, -0.1) is 11.3 Å². The van der Waals surface area contributed by atoms with Crippen LogP contribution in [0.5, 0.6) is 0 Å². The smallest absolute Gasteiger partial charge is 0.0573 e. The van der Waals surface area contributed by atoms with E-state index < -0.39 is 0 Å².